The van der Waals surface area contributed by atoms with Gasteiger partial charge >= 0.3 is 5.97 Å². The molecule has 0 saturated heterocycles. The Kier molecular flexibility index (Phi) is 4.88. The van der Waals surface area contributed by atoms with Crippen molar-refractivity contribution in [1.29, 1.82) is 0 Å². The van der Waals surface area contributed by atoms with Crippen molar-refractivity contribution < 1.29 is 14.6 Å². The third kappa shape index (κ3) is 4.17. The molecule has 0 bridgehead atoms. The maximum atomic E-state index is 11.5. The van der Waals surface area contributed by atoms with E-state index in [-0.39, 0.29) is 0 Å². The number of carboxylic acids is 1. The van der Waals surface area contributed by atoms with Crippen molar-refractivity contribution in [3.05, 3.63) is 17.2 Å². The fourth-order valence-electron chi connectivity index (χ4n) is 2.33. The van der Waals surface area contributed by atoms with Crippen LogP contribution in [0.2, 0.25) is 25.7 Å². The van der Waals surface area contributed by atoms with Crippen LogP contribution in [-0.2, 0) is 17.9 Å². The molecule has 1 aromatic rings. The summed E-state index contributed by atoms with van der Waals surface area (Å²) in [5.74, 6) is 0.418. The lowest BCUT2D eigenvalue weighted by molar-refractivity contribution is 0.0615. The van der Waals surface area contributed by atoms with Gasteiger partial charge in [0.05, 0.1) is 5.69 Å². The Morgan fingerprint density at radius 2 is 2.10 bits per heavy atom. The molecule has 6 heteroatoms. The minimum atomic E-state index is -1.12. The van der Waals surface area contributed by atoms with Gasteiger partial charge in [0.15, 0.2) is 5.69 Å². The van der Waals surface area contributed by atoms with Crippen LogP contribution in [0.1, 0.15) is 47.7 Å². The second kappa shape index (κ2) is 6.32. The lowest BCUT2D eigenvalue weighted by Gasteiger charge is -2.16. The lowest BCUT2D eigenvalue weighted by atomic mass is 10.2. The number of aryl methyl sites for hydroxylation is 1. The number of ether oxygens (including phenoxy) is 1. The first kappa shape index (κ1) is 16.2. The molecule has 0 atom stereocenters. The zero-order valence-electron chi connectivity index (χ0n) is 13.5. The maximum Gasteiger partial charge on any atom is 0.354 e. The Hall–Kier alpha value is -1.14. The maximum absolute atomic E-state index is 11.5. The lowest BCUT2D eigenvalue weighted by Crippen LogP contribution is -2.22. The summed E-state index contributed by atoms with van der Waals surface area (Å²) in [4.78, 5) is 16.1. The largest absolute Gasteiger partial charge is 0.477 e. The van der Waals surface area contributed by atoms with Crippen LogP contribution in [0, 0.1) is 0 Å². The highest BCUT2D eigenvalue weighted by atomic mass is 28.3. The Labute approximate surface area is 127 Å². The van der Waals surface area contributed by atoms with Gasteiger partial charge in [-0.2, -0.15) is 0 Å². The van der Waals surface area contributed by atoms with Crippen LogP contribution in [0.3, 0.4) is 0 Å². The van der Waals surface area contributed by atoms with Gasteiger partial charge in [-0.25, -0.2) is 9.78 Å². The highest BCUT2D eigenvalue weighted by molar-refractivity contribution is 6.76. The number of rotatable bonds is 8. The summed E-state index contributed by atoms with van der Waals surface area (Å²) in [5, 5.41) is 9.47. The molecule has 118 valence electrons. The molecule has 0 spiro atoms. The average Bonchev–Trinajstić information content (AvgIpc) is 3.14. The fourth-order valence-corrected chi connectivity index (χ4v) is 3.08. The minimum Gasteiger partial charge on any atom is -0.477 e. The molecule has 1 aliphatic carbocycles. The molecule has 5 nitrogen and oxygen atoms in total. The van der Waals surface area contributed by atoms with E-state index in [0.29, 0.717) is 37.1 Å². The zero-order chi connectivity index (χ0) is 15.6. The molecule has 1 fully saturated rings. The molecule has 1 heterocycles. The molecule has 0 unspecified atom stereocenters. The van der Waals surface area contributed by atoms with Crippen LogP contribution in [0.5, 0.6) is 0 Å². The molecule has 1 aromatic heterocycles. The van der Waals surface area contributed by atoms with Gasteiger partial charge in [-0.15, -0.1) is 0 Å². The topological polar surface area (TPSA) is 64.4 Å². The number of aromatic carboxylic acids is 1. The van der Waals surface area contributed by atoms with E-state index in [9.17, 15) is 9.90 Å². The van der Waals surface area contributed by atoms with E-state index in [1.54, 1.807) is 4.57 Å². The predicted molar refractivity (Wildman–Crippen MR) is 84.6 cm³/mol. The summed E-state index contributed by atoms with van der Waals surface area (Å²) in [6.07, 6.45) is 2.85. The van der Waals surface area contributed by atoms with E-state index in [0.717, 1.165) is 24.7 Å². The number of hydrogen-bond donors (Lipinski definition) is 1. The first-order chi connectivity index (χ1) is 9.83. The SMILES string of the molecule is CCc1nc(C2CC2)n(COCC[Si](C)(C)C)c1C(=O)O. The van der Waals surface area contributed by atoms with Gasteiger partial charge in [0.25, 0.3) is 0 Å². The van der Waals surface area contributed by atoms with Crippen molar-refractivity contribution in [2.45, 2.75) is 64.5 Å². The Morgan fingerprint density at radius 3 is 2.57 bits per heavy atom. The van der Waals surface area contributed by atoms with Gasteiger partial charge in [0, 0.05) is 20.6 Å². The summed E-state index contributed by atoms with van der Waals surface area (Å²) >= 11 is 0. The number of carboxylic acid groups (broad SMARTS) is 1. The molecule has 0 radical (unpaired) electrons. The van der Waals surface area contributed by atoms with Crippen LogP contribution in [-0.4, -0.2) is 35.3 Å². The van der Waals surface area contributed by atoms with E-state index in [1.807, 2.05) is 6.92 Å². The van der Waals surface area contributed by atoms with E-state index < -0.39 is 14.0 Å². The minimum absolute atomic E-state index is 0.310. The molecule has 1 N–H and O–H groups in total. The number of hydrogen-bond acceptors (Lipinski definition) is 3. The van der Waals surface area contributed by atoms with Crippen molar-refractivity contribution >= 4 is 14.0 Å². The van der Waals surface area contributed by atoms with Gasteiger partial charge in [0.1, 0.15) is 12.6 Å². The number of nitrogens with zero attached hydrogens (tertiary/aromatic N) is 2. The Morgan fingerprint density at radius 1 is 1.43 bits per heavy atom. The standard InChI is InChI=1S/C15H26N2O3Si/c1-5-12-13(15(18)19)17(14(16-12)11-6-7-11)10-20-8-9-21(2,3)4/h11H,5-10H2,1-4H3,(H,18,19). The van der Waals surface area contributed by atoms with Gasteiger partial charge in [-0.1, -0.05) is 26.6 Å². The Balaban J connectivity index is 2.12. The monoisotopic (exact) mass is 310 g/mol. The fraction of sp³-hybridized carbons (Fsp3) is 0.733. The zero-order valence-corrected chi connectivity index (χ0v) is 14.5. The van der Waals surface area contributed by atoms with Gasteiger partial charge in [0.2, 0.25) is 0 Å². The first-order valence-electron chi connectivity index (χ1n) is 7.74. The van der Waals surface area contributed by atoms with E-state index >= 15 is 0 Å². The molecule has 0 aromatic carbocycles. The van der Waals surface area contributed by atoms with E-state index in [4.69, 9.17) is 4.74 Å². The summed E-state index contributed by atoms with van der Waals surface area (Å²) in [5.41, 5.74) is 0.991. The second-order valence-corrected chi connectivity index (χ2v) is 12.6. The molecular formula is C15H26N2O3Si. The molecule has 1 saturated carbocycles. The van der Waals surface area contributed by atoms with Crippen molar-refractivity contribution in [2.24, 2.45) is 0 Å². The predicted octanol–water partition coefficient (Wildman–Crippen LogP) is 3.33. The van der Waals surface area contributed by atoms with Crippen molar-refractivity contribution in [1.82, 2.24) is 9.55 Å². The van der Waals surface area contributed by atoms with Gasteiger partial charge in [-0.05, 0) is 25.3 Å². The molecule has 1 aliphatic rings. The number of carbonyl (C=O) groups is 1. The molecule has 21 heavy (non-hydrogen) atoms. The summed E-state index contributed by atoms with van der Waals surface area (Å²) in [6.45, 7) is 9.87. The van der Waals surface area contributed by atoms with Crippen LogP contribution in [0.4, 0.5) is 0 Å². The van der Waals surface area contributed by atoms with Gasteiger partial charge in [-0.3, -0.25) is 4.57 Å². The number of imidazole rings is 1. The van der Waals surface area contributed by atoms with Crippen LogP contribution < -0.4 is 0 Å². The smallest absolute Gasteiger partial charge is 0.354 e. The molecular weight excluding hydrogens is 284 g/mol. The number of aromatic nitrogens is 2. The highest BCUT2D eigenvalue weighted by Gasteiger charge is 2.32. The van der Waals surface area contributed by atoms with Crippen LogP contribution in [0.15, 0.2) is 0 Å². The Bertz CT molecular complexity index is 516. The third-order valence-electron chi connectivity index (χ3n) is 3.77. The average molecular weight is 310 g/mol. The third-order valence-corrected chi connectivity index (χ3v) is 5.47. The normalized spacial score (nSPS) is 15.4. The first-order valence-corrected chi connectivity index (χ1v) is 11.4. The molecule has 0 amide bonds. The molecule has 2 rings (SSSR count). The van der Waals surface area contributed by atoms with E-state index in [1.165, 1.54) is 0 Å². The quantitative estimate of drug-likeness (QED) is 0.591. The van der Waals surface area contributed by atoms with Crippen molar-refractivity contribution in [3.63, 3.8) is 0 Å². The second-order valence-electron chi connectivity index (χ2n) is 6.97. The summed E-state index contributed by atoms with van der Waals surface area (Å²) < 4.78 is 7.54. The van der Waals surface area contributed by atoms with Crippen LogP contribution >= 0.6 is 0 Å². The highest BCUT2D eigenvalue weighted by Crippen LogP contribution is 2.40. The van der Waals surface area contributed by atoms with Crippen molar-refractivity contribution in [3.8, 4) is 0 Å². The molecule has 0 aliphatic heterocycles. The summed E-state index contributed by atoms with van der Waals surface area (Å²) in [7, 11) is -1.12. The van der Waals surface area contributed by atoms with Crippen LogP contribution in [0.25, 0.3) is 0 Å². The van der Waals surface area contributed by atoms with E-state index in [2.05, 4.69) is 24.6 Å². The van der Waals surface area contributed by atoms with Gasteiger partial charge < -0.3 is 9.84 Å². The summed E-state index contributed by atoms with van der Waals surface area (Å²) in [6, 6.07) is 1.09. The van der Waals surface area contributed by atoms with Crippen molar-refractivity contribution in [2.75, 3.05) is 6.61 Å².